The molecule has 1 atom stereocenters. The van der Waals surface area contributed by atoms with E-state index >= 15 is 0 Å². The van der Waals surface area contributed by atoms with E-state index in [0.717, 1.165) is 69.7 Å². The molecule has 3 heterocycles. The van der Waals surface area contributed by atoms with E-state index < -0.39 is 11.9 Å². The van der Waals surface area contributed by atoms with Crippen LogP contribution in [0.2, 0.25) is 0 Å². The van der Waals surface area contributed by atoms with Crippen molar-refractivity contribution >= 4 is 56.7 Å². The second-order valence-corrected chi connectivity index (χ2v) is 12.8. The molecule has 212 valence electrons. The van der Waals surface area contributed by atoms with E-state index in [4.69, 9.17) is 10.2 Å². The Hall–Kier alpha value is -2.63. The van der Waals surface area contributed by atoms with Crippen molar-refractivity contribution < 1.29 is 29.0 Å². The van der Waals surface area contributed by atoms with Crippen molar-refractivity contribution in [3.63, 3.8) is 0 Å². The van der Waals surface area contributed by atoms with E-state index in [0.29, 0.717) is 23.4 Å². The third-order valence-electron chi connectivity index (χ3n) is 7.62. The van der Waals surface area contributed by atoms with Crippen LogP contribution in [-0.4, -0.2) is 87.2 Å². The van der Waals surface area contributed by atoms with Crippen LogP contribution in [0.4, 0.5) is 10.1 Å². The van der Waals surface area contributed by atoms with Crippen molar-refractivity contribution in [1.82, 2.24) is 9.80 Å². The van der Waals surface area contributed by atoms with Crippen LogP contribution < -0.4 is 4.90 Å². The summed E-state index contributed by atoms with van der Waals surface area (Å²) in [4.78, 5) is 39.2. The van der Waals surface area contributed by atoms with Crippen molar-refractivity contribution in [1.29, 1.82) is 0 Å². The summed E-state index contributed by atoms with van der Waals surface area (Å²) in [5.41, 5.74) is 1.25. The first-order valence-corrected chi connectivity index (χ1v) is 15.2. The highest BCUT2D eigenvalue weighted by atomic mass is 32.2. The van der Waals surface area contributed by atoms with Crippen molar-refractivity contribution in [3.8, 4) is 0 Å². The van der Waals surface area contributed by atoms with Gasteiger partial charge in [-0.1, -0.05) is 12.8 Å². The van der Waals surface area contributed by atoms with Crippen LogP contribution in [0.15, 0.2) is 35.7 Å². The number of carbonyl (C=O) groups is 3. The van der Waals surface area contributed by atoms with Crippen LogP contribution in [0.1, 0.15) is 45.4 Å². The molecule has 0 bridgehead atoms. The number of amides is 1. The standard InChI is InChI=1S/C24H32FN3OS2.C4H4O4/c1-18-28(23(29)24(31-18)8-2-3-9-24)11-5-4-10-26-12-14-27(15-13-26)21-17-30-22-16-19(25)6-7-20(21)22;5-3(6)1-2-4(7)8/h6-7,16-18H,2-5,8-15H2,1H3;1-2H,(H,5,6)(H,7,8)/b;2-1-. The normalized spacial score (nSPS) is 21.2. The van der Waals surface area contributed by atoms with Crippen LogP contribution >= 0.6 is 23.1 Å². The molecule has 5 rings (SSSR count). The summed E-state index contributed by atoms with van der Waals surface area (Å²) in [7, 11) is 0. The Kier molecular flexibility index (Phi) is 9.90. The summed E-state index contributed by atoms with van der Waals surface area (Å²) in [5, 5.41) is 19.3. The van der Waals surface area contributed by atoms with Gasteiger partial charge >= 0.3 is 11.9 Å². The highest BCUT2D eigenvalue weighted by Crippen LogP contribution is 2.50. The fraction of sp³-hybridized carbons (Fsp3) is 0.536. The van der Waals surface area contributed by atoms with E-state index in [9.17, 15) is 18.8 Å². The Bertz CT molecular complexity index is 1190. The van der Waals surface area contributed by atoms with E-state index in [-0.39, 0.29) is 10.6 Å². The molecule has 0 radical (unpaired) electrons. The van der Waals surface area contributed by atoms with Crippen LogP contribution in [-0.2, 0) is 14.4 Å². The Morgan fingerprint density at radius 2 is 1.69 bits per heavy atom. The van der Waals surface area contributed by atoms with E-state index in [2.05, 4.69) is 27.0 Å². The number of unbranched alkanes of at least 4 members (excludes halogenated alkanes) is 1. The Morgan fingerprint density at radius 3 is 2.33 bits per heavy atom. The van der Waals surface area contributed by atoms with Gasteiger partial charge < -0.3 is 20.0 Å². The number of piperazine rings is 1. The first-order valence-electron chi connectivity index (χ1n) is 13.5. The zero-order valence-corrected chi connectivity index (χ0v) is 23.8. The zero-order valence-electron chi connectivity index (χ0n) is 22.2. The first-order chi connectivity index (χ1) is 18.7. The van der Waals surface area contributed by atoms with Crippen LogP contribution in [0.5, 0.6) is 0 Å². The van der Waals surface area contributed by atoms with Crippen LogP contribution in [0.25, 0.3) is 10.1 Å². The van der Waals surface area contributed by atoms with Gasteiger partial charge in [-0.05, 0) is 57.4 Å². The number of carboxylic acids is 2. The highest BCUT2D eigenvalue weighted by Gasteiger charge is 2.51. The quantitative estimate of drug-likeness (QED) is 0.338. The van der Waals surface area contributed by atoms with Gasteiger partial charge in [-0.3, -0.25) is 9.69 Å². The molecular weight excluding hydrogens is 541 g/mol. The smallest absolute Gasteiger partial charge is 0.328 e. The van der Waals surface area contributed by atoms with Gasteiger partial charge in [0.15, 0.2) is 0 Å². The summed E-state index contributed by atoms with van der Waals surface area (Å²) >= 11 is 3.55. The molecule has 8 nitrogen and oxygen atoms in total. The number of halogens is 1. The minimum atomic E-state index is -1.26. The Morgan fingerprint density at radius 1 is 1.05 bits per heavy atom. The molecular formula is C28H36FN3O5S2. The summed E-state index contributed by atoms with van der Waals surface area (Å²) in [5.74, 6) is -2.26. The van der Waals surface area contributed by atoms with Gasteiger partial charge in [0.25, 0.3) is 0 Å². The summed E-state index contributed by atoms with van der Waals surface area (Å²) in [6, 6.07) is 5.12. The Balaban J connectivity index is 0.000000386. The van der Waals surface area contributed by atoms with Gasteiger partial charge in [0.2, 0.25) is 5.91 Å². The number of aliphatic carboxylic acids is 2. The number of hydrogen-bond donors (Lipinski definition) is 2. The van der Waals surface area contributed by atoms with E-state index in [1.165, 1.54) is 23.9 Å². The fourth-order valence-electron chi connectivity index (χ4n) is 5.63. The molecule has 1 unspecified atom stereocenters. The molecule has 1 spiro atoms. The third kappa shape index (κ3) is 7.32. The maximum absolute atomic E-state index is 13.5. The number of fused-ring (bicyclic) bond motifs is 1. The molecule has 11 heteroatoms. The highest BCUT2D eigenvalue weighted by molar-refractivity contribution is 8.02. The topological polar surface area (TPSA) is 101 Å². The molecule has 1 saturated carbocycles. The summed E-state index contributed by atoms with van der Waals surface area (Å²) in [6.07, 6.45) is 7.94. The van der Waals surface area contributed by atoms with Gasteiger partial charge in [0, 0.05) is 60.3 Å². The molecule has 1 aromatic carbocycles. The lowest BCUT2D eigenvalue weighted by Crippen LogP contribution is -2.46. The van der Waals surface area contributed by atoms with Gasteiger partial charge in [0.1, 0.15) is 5.82 Å². The van der Waals surface area contributed by atoms with Crippen LogP contribution in [0.3, 0.4) is 0 Å². The predicted molar refractivity (Wildman–Crippen MR) is 154 cm³/mol. The number of rotatable bonds is 8. The molecule has 1 aliphatic carbocycles. The van der Waals surface area contributed by atoms with Crippen molar-refractivity contribution in [2.75, 3.05) is 44.2 Å². The average molecular weight is 578 g/mol. The number of carboxylic acid groups (broad SMARTS) is 2. The lowest BCUT2D eigenvalue weighted by molar-refractivity contribution is -0.134. The summed E-state index contributed by atoms with van der Waals surface area (Å²) < 4.78 is 14.4. The van der Waals surface area contributed by atoms with Gasteiger partial charge in [-0.25, -0.2) is 14.0 Å². The molecule has 2 aromatic rings. The molecule has 1 aromatic heterocycles. The Labute approximate surface area is 236 Å². The van der Waals surface area contributed by atoms with Crippen molar-refractivity contribution in [2.45, 2.75) is 55.6 Å². The number of thiophene rings is 1. The minimum Gasteiger partial charge on any atom is -0.478 e. The number of nitrogens with zero attached hydrogens (tertiary/aromatic N) is 3. The van der Waals surface area contributed by atoms with Gasteiger partial charge in [-0.2, -0.15) is 0 Å². The number of hydrogen-bond acceptors (Lipinski definition) is 7. The number of benzene rings is 1. The monoisotopic (exact) mass is 577 g/mol. The second-order valence-electron chi connectivity index (χ2n) is 10.2. The fourth-order valence-corrected chi connectivity index (χ4v) is 8.35. The molecule has 2 saturated heterocycles. The second kappa shape index (κ2) is 13.1. The number of anilines is 1. The molecule has 1 amide bonds. The van der Waals surface area contributed by atoms with Gasteiger partial charge in [0.05, 0.1) is 15.8 Å². The zero-order chi connectivity index (χ0) is 28.0. The number of carbonyl (C=O) groups excluding carboxylic acids is 1. The molecule has 2 aliphatic heterocycles. The van der Waals surface area contributed by atoms with Crippen molar-refractivity contribution in [2.24, 2.45) is 0 Å². The van der Waals surface area contributed by atoms with Crippen molar-refractivity contribution in [3.05, 3.63) is 41.5 Å². The maximum atomic E-state index is 13.5. The van der Waals surface area contributed by atoms with Crippen LogP contribution in [0, 0.1) is 5.82 Å². The average Bonchev–Trinajstić information content (AvgIpc) is 3.60. The minimum absolute atomic E-state index is 0.0760. The molecule has 3 aliphatic rings. The summed E-state index contributed by atoms with van der Waals surface area (Å²) in [6.45, 7) is 8.39. The van der Waals surface area contributed by atoms with E-state index in [1.54, 1.807) is 23.5 Å². The predicted octanol–water partition coefficient (Wildman–Crippen LogP) is 4.89. The largest absolute Gasteiger partial charge is 0.478 e. The van der Waals surface area contributed by atoms with E-state index in [1.807, 2.05) is 17.8 Å². The molecule has 39 heavy (non-hydrogen) atoms. The number of thioether (sulfide) groups is 1. The lowest BCUT2D eigenvalue weighted by Gasteiger charge is -2.36. The molecule has 3 fully saturated rings. The first kappa shape index (κ1) is 29.4. The molecule has 2 N–H and O–H groups in total. The van der Waals surface area contributed by atoms with Gasteiger partial charge in [-0.15, -0.1) is 23.1 Å². The lowest BCUT2D eigenvalue weighted by atomic mass is 10.1. The third-order valence-corrected chi connectivity index (χ3v) is 10.2. The maximum Gasteiger partial charge on any atom is 0.328 e. The SMILES string of the molecule is CC1SC2(CCCC2)C(=O)N1CCCCN1CCN(c2csc3cc(F)ccc23)CC1.O=C(O)/C=C\C(=O)O.